The highest BCUT2D eigenvalue weighted by Gasteiger charge is 2.27. The Labute approximate surface area is 156 Å². The van der Waals surface area contributed by atoms with Gasteiger partial charge in [0.25, 0.3) is 0 Å². The van der Waals surface area contributed by atoms with E-state index >= 15 is 0 Å². The normalized spacial score (nSPS) is 17.5. The second-order valence-corrected chi connectivity index (χ2v) is 6.85. The van der Waals surface area contributed by atoms with Crippen molar-refractivity contribution in [1.82, 2.24) is 20.5 Å². The summed E-state index contributed by atoms with van der Waals surface area (Å²) >= 11 is 0. The largest absolute Gasteiger partial charge is 0.478 e. The van der Waals surface area contributed by atoms with Crippen molar-refractivity contribution in [2.45, 2.75) is 46.2 Å². The van der Waals surface area contributed by atoms with Crippen LogP contribution in [0.25, 0.3) is 0 Å². The predicted molar refractivity (Wildman–Crippen MR) is 103 cm³/mol. The van der Waals surface area contributed by atoms with Crippen LogP contribution < -0.4 is 15.4 Å². The summed E-state index contributed by atoms with van der Waals surface area (Å²) in [7, 11) is 1.75. The molecule has 144 valence electrons. The van der Waals surface area contributed by atoms with Gasteiger partial charge in [-0.1, -0.05) is 26.8 Å². The molecule has 1 aromatic rings. The molecule has 0 aromatic carbocycles. The smallest absolute Gasteiger partial charge is 0.225 e. The van der Waals surface area contributed by atoms with Gasteiger partial charge in [0.1, 0.15) is 0 Å². The first kappa shape index (κ1) is 20.0. The lowest BCUT2D eigenvalue weighted by Crippen LogP contribution is -2.45. The molecule has 0 spiro atoms. The molecule has 0 saturated carbocycles. The fourth-order valence-electron chi connectivity index (χ4n) is 2.82. The van der Waals surface area contributed by atoms with E-state index in [9.17, 15) is 4.79 Å². The summed E-state index contributed by atoms with van der Waals surface area (Å²) in [6.45, 7) is 8.78. The summed E-state index contributed by atoms with van der Waals surface area (Å²) in [5.74, 6) is 1.65. The number of likely N-dealkylation sites (tertiary alicyclic amines) is 1. The number of aromatic nitrogens is 1. The van der Waals surface area contributed by atoms with Gasteiger partial charge in [0.05, 0.1) is 6.61 Å². The van der Waals surface area contributed by atoms with Gasteiger partial charge in [0.15, 0.2) is 5.96 Å². The maximum Gasteiger partial charge on any atom is 0.225 e. The highest BCUT2D eigenvalue weighted by atomic mass is 16.5. The lowest BCUT2D eigenvalue weighted by Gasteiger charge is -2.20. The van der Waals surface area contributed by atoms with E-state index in [-0.39, 0.29) is 17.9 Å². The van der Waals surface area contributed by atoms with Gasteiger partial charge in [-0.3, -0.25) is 9.79 Å². The van der Waals surface area contributed by atoms with Gasteiger partial charge < -0.3 is 20.3 Å². The van der Waals surface area contributed by atoms with Crippen LogP contribution in [0.2, 0.25) is 0 Å². The SMILES string of the molecule is CCCOc1ccc(CNC(=NC)NC2CCN(C(=O)C(C)C)C2)cn1. The Bertz CT molecular complexity index is 600. The zero-order valence-corrected chi connectivity index (χ0v) is 16.3. The number of carbonyl (C=O) groups excluding carboxylic acids is 1. The van der Waals surface area contributed by atoms with Crippen LogP contribution in [0.1, 0.15) is 39.2 Å². The molecule has 0 radical (unpaired) electrons. The molecule has 2 rings (SSSR count). The van der Waals surface area contributed by atoms with E-state index in [0.29, 0.717) is 19.0 Å². The predicted octanol–water partition coefficient (Wildman–Crippen LogP) is 1.79. The van der Waals surface area contributed by atoms with E-state index < -0.39 is 0 Å². The van der Waals surface area contributed by atoms with Crippen LogP contribution in [0, 0.1) is 5.92 Å². The van der Waals surface area contributed by atoms with Gasteiger partial charge in [0, 0.05) is 50.9 Å². The maximum absolute atomic E-state index is 12.1. The molecule has 0 aliphatic carbocycles. The number of ether oxygens (including phenoxy) is 1. The monoisotopic (exact) mass is 361 g/mol. The number of pyridine rings is 1. The molecule has 1 amide bonds. The number of nitrogens with zero attached hydrogens (tertiary/aromatic N) is 3. The molecule has 1 aliphatic heterocycles. The van der Waals surface area contributed by atoms with Gasteiger partial charge in [0.2, 0.25) is 11.8 Å². The second-order valence-electron chi connectivity index (χ2n) is 6.85. The molecule has 26 heavy (non-hydrogen) atoms. The van der Waals surface area contributed by atoms with Crippen molar-refractivity contribution in [1.29, 1.82) is 0 Å². The lowest BCUT2D eigenvalue weighted by atomic mass is 10.2. The van der Waals surface area contributed by atoms with Crippen LogP contribution in [0.3, 0.4) is 0 Å². The first-order chi connectivity index (χ1) is 12.5. The zero-order valence-electron chi connectivity index (χ0n) is 16.3. The van der Waals surface area contributed by atoms with Crippen molar-refractivity contribution in [3.63, 3.8) is 0 Å². The fourth-order valence-corrected chi connectivity index (χ4v) is 2.82. The molecule has 1 atom stereocenters. The molecule has 2 heterocycles. The number of carbonyl (C=O) groups is 1. The standard InChI is InChI=1S/C19H31N5O2/c1-5-10-26-17-7-6-15(11-21-17)12-22-19(20-4)23-16-8-9-24(13-16)18(25)14(2)3/h6-7,11,14,16H,5,8-10,12-13H2,1-4H3,(H2,20,22,23). The molecule has 1 unspecified atom stereocenters. The topological polar surface area (TPSA) is 78.9 Å². The number of hydrogen-bond acceptors (Lipinski definition) is 4. The van der Waals surface area contributed by atoms with Gasteiger partial charge in [-0.2, -0.15) is 0 Å². The van der Waals surface area contributed by atoms with E-state index in [2.05, 4.69) is 27.5 Å². The zero-order chi connectivity index (χ0) is 18.9. The minimum absolute atomic E-state index is 0.0444. The Morgan fingerprint density at radius 2 is 2.27 bits per heavy atom. The summed E-state index contributed by atoms with van der Waals surface area (Å²) in [5, 5.41) is 6.70. The molecular weight excluding hydrogens is 330 g/mol. The Hall–Kier alpha value is -2.31. The number of nitrogens with one attached hydrogen (secondary N) is 2. The van der Waals surface area contributed by atoms with Gasteiger partial charge in [-0.25, -0.2) is 4.98 Å². The summed E-state index contributed by atoms with van der Waals surface area (Å²) in [4.78, 5) is 22.6. The summed E-state index contributed by atoms with van der Waals surface area (Å²) < 4.78 is 5.49. The fraction of sp³-hybridized carbons (Fsp3) is 0.632. The van der Waals surface area contributed by atoms with Crippen molar-refractivity contribution in [2.75, 3.05) is 26.7 Å². The third-order valence-electron chi connectivity index (χ3n) is 4.27. The van der Waals surface area contributed by atoms with Crippen LogP contribution in [-0.2, 0) is 11.3 Å². The van der Waals surface area contributed by atoms with Crippen LogP contribution in [0.5, 0.6) is 5.88 Å². The molecule has 1 fully saturated rings. The molecule has 2 N–H and O–H groups in total. The van der Waals surface area contributed by atoms with E-state index in [0.717, 1.165) is 37.5 Å². The van der Waals surface area contributed by atoms with E-state index in [4.69, 9.17) is 4.74 Å². The van der Waals surface area contributed by atoms with Crippen LogP contribution in [0.15, 0.2) is 23.3 Å². The number of amides is 1. The third kappa shape index (κ3) is 5.89. The first-order valence-corrected chi connectivity index (χ1v) is 9.37. The van der Waals surface area contributed by atoms with Gasteiger partial charge in [-0.05, 0) is 18.4 Å². The van der Waals surface area contributed by atoms with Crippen molar-refractivity contribution >= 4 is 11.9 Å². The molecule has 1 saturated heterocycles. The molecular formula is C19H31N5O2. The van der Waals surface area contributed by atoms with E-state index in [1.54, 1.807) is 7.05 Å². The molecule has 7 heteroatoms. The average molecular weight is 361 g/mol. The quantitative estimate of drug-likeness (QED) is 0.572. The van der Waals surface area contributed by atoms with Crippen molar-refractivity contribution < 1.29 is 9.53 Å². The number of rotatable bonds is 7. The Kier molecular flexibility index (Phi) is 7.69. The third-order valence-corrected chi connectivity index (χ3v) is 4.27. The molecule has 7 nitrogen and oxygen atoms in total. The lowest BCUT2D eigenvalue weighted by molar-refractivity contribution is -0.133. The highest BCUT2D eigenvalue weighted by Crippen LogP contribution is 2.13. The number of hydrogen-bond donors (Lipinski definition) is 2. The summed E-state index contributed by atoms with van der Waals surface area (Å²) in [6, 6.07) is 4.11. The highest BCUT2D eigenvalue weighted by molar-refractivity contribution is 5.81. The first-order valence-electron chi connectivity index (χ1n) is 9.37. The Morgan fingerprint density at radius 3 is 2.88 bits per heavy atom. The number of aliphatic imine (C=N–C) groups is 1. The van der Waals surface area contributed by atoms with Crippen molar-refractivity contribution in [3.8, 4) is 5.88 Å². The molecule has 1 aliphatic rings. The van der Waals surface area contributed by atoms with Crippen LogP contribution in [-0.4, -0.2) is 54.5 Å². The van der Waals surface area contributed by atoms with Crippen LogP contribution >= 0.6 is 0 Å². The Morgan fingerprint density at radius 1 is 1.46 bits per heavy atom. The maximum atomic E-state index is 12.1. The van der Waals surface area contributed by atoms with E-state index in [1.807, 2.05) is 37.1 Å². The molecule has 0 bridgehead atoms. The number of guanidine groups is 1. The van der Waals surface area contributed by atoms with Gasteiger partial charge in [-0.15, -0.1) is 0 Å². The summed E-state index contributed by atoms with van der Waals surface area (Å²) in [6.07, 6.45) is 3.71. The second kappa shape index (κ2) is 9.99. The van der Waals surface area contributed by atoms with Gasteiger partial charge >= 0.3 is 0 Å². The van der Waals surface area contributed by atoms with Crippen LogP contribution in [0.4, 0.5) is 0 Å². The van der Waals surface area contributed by atoms with E-state index in [1.165, 1.54) is 0 Å². The molecule has 1 aromatic heterocycles. The minimum atomic E-state index is 0.0444. The average Bonchev–Trinajstić information content (AvgIpc) is 3.11. The van der Waals surface area contributed by atoms with Crippen molar-refractivity contribution in [3.05, 3.63) is 23.9 Å². The van der Waals surface area contributed by atoms with Crippen molar-refractivity contribution in [2.24, 2.45) is 10.9 Å². The minimum Gasteiger partial charge on any atom is -0.478 e. The Balaban J connectivity index is 1.78. The summed E-state index contributed by atoms with van der Waals surface area (Å²) in [5.41, 5.74) is 1.06.